The van der Waals surface area contributed by atoms with E-state index in [0.717, 1.165) is 16.9 Å². The van der Waals surface area contributed by atoms with Gasteiger partial charge in [-0.3, -0.25) is 9.36 Å². The molecule has 1 aromatic heterocycles. The van der Waals surface area contributed by atoms with Crippen LogP contribution in [0.3, 0.4) is 0 Å². The highest BCUT2D eigenvalue weighted by Gasteiger charge is 2.20. The SMILES string of the molecule is COc1ccccc1OC[C@H](C)NS(=O)(=O)c1ccc2c(c1)sc(=O)n2C(C)C. The third kappa shape index (κ3) is 4.63. The second-order valence-corrected chi connectivity index (χ2v) is 9.65. The smallest absolute Gasteiger partial charge is 0.308 e. The predicted molar refractivity (Wildman–Crippen MR) is 115 cm³/mol. The molecule has 0 aliphatic heterocycles. The second-order valence-electron chi connectivity index (χ2n) is 6.95. The van der Waals surface area contributed by atoms with E-state index in [1.54, 1.807) is 36.8 Å². The van der Waals surface area contributed by atoms with Crippen molar-refractivity contribution in [2.45, 2.75) is 37.8 Å². The second kappa shape index (κ2) is 8.56. The number of rotatable bonds is 8. The van der Waals surface area contributed by atoms with Gasteiger partial charge in [-0.25, -0.2) is 13.1 Å². The molecule has 0 spiro atoms. The molecule has 0 radical (unpaired) electrons. The van der Waals surface area contributed by atoms with Gasteiger partial charge in [-0.2, -0.15) is 0 Å². The Labute approximate surface area is 173 Å². The van der Waals surface area contributed by atoms with E-state index in [0.29, 0.717) is 16.2 Å². The van der Waals surface area contributed by atoms with E-state index in [4.69, 9.17) is 9.47 Å². The highest BCUT2D eigenvalue weighted by molar-refractivity contribution is 7.89. The zero-order valence-corrected chi connectivity index (χ0v) is 18.3. The van der Waals surface area contributed by atoms with Gasteiger partial charge in [0, 0.05) is 6.04 Å². The van der Waals surface area contributed by atoms with E-state index < -0.39 is 16.1 Å². The van der Waals surface area contributed by atoms with Crippen LogP contribution >= 0.6 is 11.3 Å². The first kappa shape index (κ1) is 21.4. The summed E-state index contributed by atoms with van der Waals surface area (Å²) >= 11 is 1.04. The molecule has 0 amide bonds. The van der Waals surface area contributed by atoms with Crippen molar-refractivity contribution in [3.05, 3.63) is 52.1 Å². The molecular weight excluding hydrogens is 412 g/mol. The number of fused-ring (bicyclic) bond motifs is 1. The Bertz CT molecular complexity index is 1170. The van der Waals surface area contributed by atoms with E-state index >= 15 is 0 Å². The molecule has 7 nitrogen and oxygen atoms in total. The first-order chi connectivity index (χ1) is 13.7. The summed E-state index contributed by atoms with van der Waals surface area (Å²) in [6.07, 6.45) is 0. The van der Waals surface area contributed by atoms with Crippen molar-refractivity contribution in [2.24, 2.45) is 0 Å². The third-order valence-electron chi connectivity index (χ3n) is 4.33. The Morgan fingerprint density at radius 2 is 1.79 bits per heavy atom. The number of para-hydroxylation sites is 2. The zero-order valence-electron chi connectivity index (χ0n) is 16.7. The summed E-state index contributed by atoms with van der Waals surface area (Å²) in [6.45, 7) is 5.70. The molecule has 3 aromatic rings. The molecule has 0 saturated heterocycles. The molecule has 0 aliphatic carbocycles. The largest absolute Gasteiger partial charge is 0.493 e. The lowest BCUT2D eigenvalue weighted by molar-refractivity contribution is 0.271. The maximum Gasteiger partial charge on any atom is 0.308 e. The quantitative estimate of drug-likeness (QED) is 0.585. The number of ether oxygens (including phenoxy) is 2. The van der Waals surface area contributed by atoms with Crippen LogP contribution < -0.4 is 19.1 Å². The molecule has 156 valence electrons. The maximum absolute atomic E-state index is 12.8. The normalized spacial score (nSPS) is 13.0. The molecule has 0 fully saturated rings. The lowest BCUT2D eigenvalue weighted by Crippen LogP contribution is -2.36. The molecular formula is C20H24N2O5S2. The first-order valence-corrected chi connectivity index (χ1v) is 11.5. The van der Waals surface area contributed by atoms with Crippen molar-refractivity contribution >= 4 is 31.6 Å². The van der Waals surface area contributed by atoms with Gasteiger partial charge in [0.25, 0.3) is 0 Å². The summed E-state index contributed by atoms with van der Waals surface area (Å²) in [7, 11) is -2.21. The predicted octanol–water partition coefficient (Wildman–Crippen LogP) is 3.40. The molecule has 2 aromatic carbocycles. The minimum atomic E-state index is -3.76. The van der Waals surface area contributed by atoms with Gasteiger partial charge in [-0.05, 0) is 51.1 Å². The van der Waals surface area contributed by atoms with Gasteiger partial charge in [-0.15, -0.1) is 0 Å². The van der Waals surface area contributed by atoms with E-state index in [2.05, 4.69) is 4.72 Å². The van der Waals surface area contributed by atoms with E-state index in [1.807, 2.05) is 26.0 Å². The minimum absolute atomic E-state index is 0.00369. The van der Waals surface area contributed by atoms with E-state index in [1.165, 1.54) is 12.1 Å². The summed E-state index contributed by atoms with van der Waals surface area (Å²) in [5.41, 5.74) is 0.738. The number of thiazole rings is 1. The van der Waals surface area contributed by atoms with Crippen LogP contribution in [0.2, 0.25) is 0 Å². The topological polar surface area (TPSA) is 86.6 Å². The van der Waals surface area contributed by atoms with Gasteiger partial charge in [-0.1, -0.05) is 23.5 Å². The van der Waals surface area contributed by atoms with Crippen molar-refractivity contribution in [3.63, 3.8) is 0 Å². The van der Waals surface area contributed by atoms with Gasteiger partial charge < -0.3 is 9.47 Å². The van der Waals surface area contributed by atoms with Gasteiger partial charge in [0.05, 0.1) is 28.3 Å². The first-order valence-electron chi connectivity index (χ1n) is 9.16. The third-order valence-corrected chi connectivity index (χ3v) is 6.83. The summed E-state index contributed by atoms with van der Waals surface area (Å²) < 4.78 is 41.4. The summed E-state index contributed by atoms with van der Waals surface area (Å²) in [5.74, 6) is 1.12. The molecule has 29 heavy (non-hydrogen) atoms. The zero-order chi connectivity index (χ0) is 21.2. The molecule has 0 aliphatic rings. The highest BCUT2D eigenvalue weighted by Crippen LogP contribution is 2.26. The van der Waals surface area contributed by atoms with Gasteiger partial charge in [0.2, 0.25) is 10.0 Å². The highest BCUT2D eigenvalue weighted by atomic mass is 32.2. The van der Waals surface area contributed by atoms with Crippen LogP contribution in [0.15, 0.2) is 52.2 Å². The molecule has 3 rings (SSSR count). The summed E-state index contributed by atoms with van der Waals surface area (Å²) in [4.78, 5) is 12.2. The van der Waals surface area contributed by atoms with Crippen molar-refractivity contribution in [1.82, 2.24) is 9.29 Å². The number of methoxy groups -OCH3 is 1. The summed E-state index contributed by atoms with van der Waals surface area (Å²) in [6, 6.07) is 11.4. The molecule has 1 N–H and O–H groups in total. The fourth-order valence-corrected chi connectivity index (χ4v) is 5.37. The van der Waals surface area contributed by atoms with Crippen LogP contribution in [0.5, 0.6) is 11.5 Å². The van der Waals surface area contributed by atoms with Crippen LogP contribution in [0.1, 0.15) is 26.8 Å². The van der Waals surface area contributed by atoms with Crippen molar-refractivity contribution in [2.75, 3.05) is 13.7 Å². The summed E-state index contributed by atoms with van der Waals surface area (Å²) in [5, 5.41) is 0. The van der Waals surface area contributed by atoms with Crippen LogP contribution in [0.25, 0.3) is 10.2 Å². The Morgan fingerprint density at radius 3 is 2.45 bits per heavy atom. The van der Waals surface area contributed by atoms with Gasteiger partial charge in [0.15, 0.2) is 11.5 Å². The molecule has 9 heteroatoms. The fraction of sp³-hybridized carbons (Fsp3) is 0.350. The van der Waals surface area contributed by atoms with E-state index in [9.17, 15) is 13.2 Å². The van der Waals surface area contributed by atoms with Crippen molar-refractivity contribution in [3.8, 4) is 11.5 Å². The number of sulfonamides is 1. The van der Waals surface area contributed by atoms with Crippen LogP contribution in [0.4, 0.5) is 0 Å². The Kier molecular flexibility index (Phi) is 6.30. The molecule has 0 bridgehead atoms. The van der Waals surface area contributed by atoms with E-state index in [-0.39, 0.29) is 22.4 Å². The number of aromatic nitrogens is 1. The lowest BCUT2D eigenvalue weighted by Gasteiger charge is -2.16. The van der Waals surface area contributed by atoms with Crippen LogP contribution in [-0.2, 0) is 10.0 Å². The van der Waals surface area contributed by atoms with Crippen LogP contribution in [-0.4, -0.2) is 32.7 Å². The Morgan fingerprint density at radius 1 is 1.10 bits per heavy atom. The fourth-order valence-electron chi connectivity index (χ4n) is 2.99. The number of hydrogen-bond donors (Lipinski definition) is 1. The molecule has 0 saturated carbocycles. The average Bonchev–Trinajstić information content (AvgIpc) is 3.01. The number of hydrogen-bond acceptors (Lipinski definition) is 6. The molecule has 0 unspecified atom stereocenters. The van der Waals surface area contributed by atoms with Crippen LogP contribution in [0, 0.1) is 0 Å². The van der Waals surface area contributed by atoms with Gasteiger partial charge >= 0.3 is 4.87 Å². The molecule has 1 atom stereocenters. The van der Waals surface area contributed by atoms with Crippen molar-refractivity contribution in [1.29, 1.82) is 0 Å². The maximum atomic E-state index is 12.8. The van der Waals surface area contributed by atoms with Crippen molar-refractivity contribution < 1.29 is 17.9 Å². The Balaban J connectivity index is 1.75. The Hall–Kier alpha value is -2.36. The molecule has 1 heterocycles. The monoisotopic (exact) mass is 436 g/mol. The number of nitrogens with zero attached hydrogens (tertiary/aromatic N) is 1. The van der Waals surface area contributed by atoms with Gasteiger partial charge in [0.1, 0.15) is 6.61 Å². The number of nitrogens with one attached hydrogen (secondary N) is 1. The lowest BCUT2D eigenvalue weighted by atomic mass is 10.3. The standard InChI is InChI=1S/C20H24N2O5S2/c1-13(2)22-16-10-9-15(11-19(16)28-20(22)23)29(24,25)21-14(3)12-27-18-8-6-5-7-17(18)26-4/h5-11,13-14,21H,12H2,1-4H3/t14-/m0/s1. The average molecular weight is 437 g/mol. The number of benzene rings is 2. The minimum Gasteiger partial charge on any atom is -0.493 e.